The van der Waals surface area contributed by atoms with E-state index in [9.17, 15) is 4.79 Å². The summed E-state index contributed by atoms with van der Waals surface area (Å²) < 4.78 is 8.24. The molecule has 0 bridgehead atoms. The number of likely N-dealkylation sites (N-methyl/N-ethyl adjacent to an activating group) is 2. The minimum atomic E-state index is -0.297. The van der Waals surface area contributed by atoms with E-state index in [4.69, 9.17) is 4.74 Å². The predicted octanol–water partition coefficient (Wildman–Crippen LogP) is 2.63. The molecule has 0 aromatic heterocycles. The lowest BCUT2D eigenvalue weighted by Gasteiger charge is -2.17. The van der Waals surface area contributed by atoms with E-state index in [-0.39, 0.29) is 6.09 Å². The number of amides is 1. The van der Waals surface area contributed by atoms with E-state index in [0.717, 1.165) is 24.3 Å². The van der Waals surface area contributed by atoms with Crippen molar-refractivity contribution in [1.29, 1.82) is 0 Å². The highest BCUT2D eigenvalue weighted by molar-refractivity contribution is 14.1. The molecule has 0 spiro atoms. The molecule has 0 aliphatic carbocycles. The fraction of sp³-hybridized carbons (Fsp3) is 0.462. The summed E-state index contributed by atoms with van der Waals surface area (Å²) in [6.07, 6.45) is -0.297. The lowest BCUT2D eigenvalue weighted by atomic mass is 10.2. The first kappa shape index (κ1) is 16.0. The van der Waals surface area contributed by atoms with Gasteiger partial charge in [-0.15, -0.1) is 0 Å². The van der Waals surface area contributed by atoms with Crippen molar-refractivity contribution >= 4 is 34.6 Å². The number of carbonyl (C=O) groups is 1. The molecule has 0 unspecified atom stereocenters. The summed E-state index contributed by atoms with van der Waals surface area (Å²) in [4.78, 5) is 13.3. The second kappa shape index (κ2) is 8.98. The van der Waals surface area contributed by atoms with Crippen molar-refractivity contribution in [2.24, 2.45) is 0 Å². The van der Waals surface area contributed by atoms with Crippen molar-refractivity contribution < 1.29 is 9.53 Å². The summed E-state index contributed by atoms with van der Waals surface area (Å²) in [6, 6.07) is 7.77. The number of nitrogens with one attached hydrogen (secondary N) is 2. The molecule has 0 saturated carbocycles. The molecular weight excluding hydrogens is 357 g/mol. The van der Waals surface area contributed by atoms with Gasteiger partial charge in [-0.1, -0.05) is 19.1 Å². The number of nitrogens with zero attached hydrogens (tertiary/aromatic N) is 1. The van der Waals surface area contributed by atoms with E-state index in [1.807, 2.05) is 31.2 Å². The van der Waals surface area contributed by atoms with Gasteiger partial charge in [0, 0.05) is 25.8 Å². The van der Waals surface area contributed by atoms with Crippen molar-refractivity contribution in [3.8, 4) is 0 Å². The Kier molecular flexibility index (Phi) is 7.57. The normalized spacial score (nSPS) is 10.1. The van der Waals surface area contributed by atoms with E-state index < -0.39 is 0 Å². The Hall–Kier alpha value is -1.02. The molecule has 0 atom stereocenters. The van der Waals surface area contributed by atoms with Crippen molar-refractivity contribution in [2.45, 2.75) is 13.5 Å². The Balaban J connectivity index is 2.32. The molecule has 0 fully saturated rings. The van der Waals surface area contributed by atoms with Crippen LogP contribution in [0.2, 0.25) is 0 Å². The molecule has 1 rings (SSSR count). The van der Waals surface area contributed by atoms with Crippen LogP contribution in [0, 0.1) is 0 Å². The molecule has 1 aromatic carbocycles. The molecule has 1 amide bonds. The zero-order valence-corrected chi connectivity index (χ0v) is 13.4. The highest BCUT2D eigenvalue weighted by Gasteiger charge is 2.09. The molecular formula is C13H20IN3O2. The van der Waals surface area contributed by atoms with Gasteiger partial charge < -0.3 is 18.5 Å². The zero-order valence-electron chi connectivity index (χ0n) is 11.3. The molecule has 6 heteroatoms. The fourth-order valence-corrected chi connectivity index (χ4v) is 1.79. The first-order valence-electron chi connectivity index (χ1n) is 6.21. The molecule has 0 aliphatic heterocycles. The third-order valence-corrected chi connectivity index (χ3v) is 3.23. The summed E-state index contributed by atoms with van der Waals surface area (Å²) in [6.45, 7) is 4.65. The number of hydrogen-bond acceptors (Lipinski definition) is 4. The first-order chi connectivity index (χ1) is 9.17. The van der Waals surface area contributed by atoms with Crippen LogP contribution in [-0.4, -0.2) is 37.7 Å². The average molecular weight is 377 g/mol. The first-order valence-corrected chi connectivity index (χ1v) is 7.29. The maximum Gasteiger partial charge on any atom is 0.409 e. The highest BCUT2D eigenvalue weighted by atomic mass is 127. The molecule has 5 nitrogen and oxygen atoms in total. The highest BCUT2D eigenvalue weighted by Crippen LogP contribution is 2.12. The van der Waals surface area contributed by atoms with Gasteiger partial charge in [-0.25, -0.2) is 4.79 Å². The Bertz CT molecular complexity index is 384. The maximum absolute atomic E-state index is 11.7. The summed E-state index contributed by atoms with van der Waals surface area (Å²) in [5.74, 6) is 0. The topological polar surface area (TPSA) is 53.6 Å². The number of hydrogen-bond donors (Lipinski definition) is 2. The van der Waals surface area contributed by atoms with Gasteiger partial charge in [0.1, 0.15) is 6.61 Å². The summed E-state index contributed by atoms with van der Waals surface area (Å²) in [5, 5.41) is 3.16. The minimum Gasteiger partial charge on any atom is -0.445 e. The average Bonchev–Trinajstić information content (AvgIpc) is 2.45. The van der Waals surface area contributed by atoms with Gasteiger partial charge in [0.15, 0.2) is 0 Å². The third-order valence-electron chi connectivity index (χ3n) is 2.61. The monoisotopic (exact) mass is 377 g/mol. The van der Waals surface area contributed by atoms with Gasteiger partial charge >= 0.3 is 6.09 Å². The van der Waals surface area contributed by atoms with Crippen molar-refractivity contribution in [3.63, 3.8) is 0 Å². The maximum atomic E-state index is 11.7. The van der Waals surface area contributed by atoms with E-state index >= 15 is 0 Å². The zero-order chi connectivity index (χ0) is 14.1. The largest absolute Gasteiger partial charge is 0.445 e. The third kappa shape index (κ3) is 6.11. The van der Waals surface area contributed by atoms with Crippen LogP contribution in [0.5, 0.6) is 0 Å². The molecule has 106 valence electrons. The number of halogens is 1. The molecule has 0 radical (unpaired) electrons. The van der Waals surface area contributed by atoms with Crippen molar-refractivity contribution in [3.05, 3.63) is 29.8 Å². The SMILES string of the molecule is CCNCCN(C)C(=O)OCc1ccc(NI)cc1. The summed E-state index contributed by atoms with van der Waals surface area (Å²) >= 11 is 2.07. The Morgan fingerprint density at radius 1 is 1.37 bits per heavy atom. The number of carbonyl (C=O) groups excluding carboxylic acids is 1. The van der Waals surface area contributed by atoms with Gasteiger partial charge in [-0.3, -0.25) is 0 Å². The van der Waals surface area contributed by atoms with Gasteiger partial charge in [0.05, 0.1) is 22.9 Å². The van der Waals surface area contributed by atoms with Crippen LogP contribution >= 0.6 is 22.9 Å². The number of benzene rings is 1. The lowest BCUT2D eigenvalue weighted by molar-refractivity contribution is 0.105. The quantitative estimate of drug-likeness (QED) is 0.436. The second-order valence-electron chi connectivity index (χ2n) is 4.12. The Morgan fingerprint density at radius 3 is 2.63 bits per heavy atom. The number of ether oxygens (including phenoxy) is 1. The van der Waals surface area contributed by atoms with Crippen LogP contribution < -0.4 is 8.85 Å². The van der Waals surface area contributed by atoms with Crippen LogP contribution in [0.3, 0.4) is 0 Å². The van der Waals surface area contributed by atoms with E-state index in [1.54, 1.807) is 11.9 Å². The standard InChI is InChI=1S/C13H20IN3O2/c1-3-15-8-9-17(2)13(18)19-10-11-4-6-12(16-14)7-5-11/h4-7,15-16H,3,8-10H2,1-2H3. The van der Waals surface area contributed by atoms with Crippen LogP contribution in [0.4, 0.5) is 10.5 Å². The molecule has 0 heterocycles. The minimum absolute atomic E-state index is 0.297. The van der Waals surface area contributed by atoms with Crippen LogP contribution in [0.25, 0.3) is 0 Å². The van der Waals surface area contributed by atoms with E-state index in [0.29, 0.717) is 13.2 Å². The van der Waals surface area contributed by atoms with Gasteiger partial charge in [-0.05, 0) is 24.2 Å². The molecule has 19 heavy (non-hydrogen) atoms. The lowest BCUT2D eigenvalue weighted by Crippen LogP contribution is -2.34. The second-order valence-corrected chi connectivity index (χ2v) is 4.66. The Morgan fingerprint density at radius 2 is 2.05 bits per heavy atom. The van der Waals surface area contributed by atoms with Crippen LogP contribution in [-0.2, 0) is 11.3 Å². The number of rotatable bonds is 7. The molecule has 0 saturated heterocycles. The smallest absolute Gasteiger partial charge is 0.409 e. The fourth-order valence-electron chi connectivity index (χ4n) is 1.43. The van der Waals surface area contributed by atoms with Crippen LogP contribution in [0.15, 0.2) is 24.3 Å². The van der Waals surface area contributed by atoms with Gasteiger partial charge in [0.2, 0.25) is 0 Å². The Labute approximate surface area is 128 Å². The van der Waals surface area contributed by atoms with E-state index in [1.165, 1.54) is 0 Å². The molecule has 0 aliphatic rings. The number of anilines is 1. The molecule has 2 N–H and O–H groups in total. The van der Waals surface area contributed by atoms with Gasteiger partial charge in [-0.2, -0.15) is 0 Å². The van der Waals surface area contributed by atoms with Crippen molar-refractivity contribution in [2.75, 3.05) is 30.2 Å². The van der Waals surface area contributed by atoms with Crippen LogP contribution in [0.1, 0.15) is 12.5 Å². The van der Waals surface area contributed by atoms with Crippen molar-refractivity contribution in [1.82, 2.24) is 10.2 Å². The van der Waals surface area contributed by atoms with E-state index in [2.05, 4.69) is 31.7 Å². The summed E-state index contributed by atoms with van der Waals surface area (Å²) in [5.41, 5.74) is 2.00. The molecule has 1 aromatic rings. The predicted molar refractivity (Wildman–Crippen MR) is 85.4 cm³/mol. The van der Waals surface area contributed by atoms with Gasteiger partial charge in [0.25, 0.3) is 0 Å². The summed E-state index contributed by atoms with van der Waals surface area (Å²) in [7, 11) is 1.74.